The number of thioether (sulfide) groups is 1. The van der Waals surface area contributed by atoms with Gasteiger partial charge >= 0.3 is 0 Å². The summed E-state index contributed by atoms with van der Waals surface area (Å²) in [6.07, 6.45) is 2.61. The maximum absolute atomic E-state index is 14.1. The van der Waals surface area contributed by atoms with Crippen LogP contribution in [0.2, 0.25) is 5.02 Å². The second-order valence-corrected chi connectivity index (χ2v) is 10.4. The lowest BCUT2D eigenvalue weighted by Gasteiger charge is -2.15. The first-order chi connectivity index (χ1) is 17.9. The van der Waals surface area contributed by atoms with Crippen LogP contribution in [0.5, 0.6) is 11.5 Å². The van der Waals surface area contributed by atoms with Gasteiger partial charge in [0.2, 0.25) is 0 Å². The topological polar surface area (TPSA) is 51.1 Å². The molecule has 1 amide bonds. The van der Waals surface area contributed by atoms with E-state index in [-0.39, 0.29) is 18.3 Å². The average molecular weight is 604 g/mol. The van der Waals surface area contributed by atoms with Crippen molar-refractivity contribution >= 4 is 62.1 Å². The van der Waals surface area contributed by atoms with Gasteiger partial charge in [-0.3, -0.25) is 9.69 Å². The molecule has 1 aliphatic rings. The highest BCUT2D eigenvalue weighted by Crippen LogP contribution is 2.40. The van der Waals surface area contributed by atoms with Gasteiger partial charge in [-0.1, -0.05) is 36.7 Å². The van der Waals surface area contributed by atoms with Crippen LogP contribution < -0.4 is 9.47 Å². The number of benzene rings is 3. The largest absolute Gasteiger partial charge is 0.490 e. The molecule has 192 valence electrons. The number of carbonyl (C=O) groups excluding carboxylic acids is 1. The van der Waals surface area contributed by atoms with E-state index in [9.17, 15) is 9.18 Å². The quantitative estimate of drug-likeness (QED) is 0.231. The Hall–Kier alpha value is -2.81. The van der Waals surface area contributed by atoms with Gasteiger partial charge in [-0.25, -0.2) is 9.38 Å². The smallest absolute Gasteiger partial charge is 0.266 e. The third-order valence-corrected chi connectivity index (χ3v) is 7.19. The van der Waals surface area contributed by atoms with Crippen LogP contribution in [0.1, 0.15) is 31.4 Å². The van der Waals surface area contributed by atoms with Crippen molar-refractivity contribution in [2.24, 2.45) is 4.99 Å². The van der Waals surface area contributed by atoms with E-state index >= 15 is 0 Å². The van der Waals surface area contributed by atoms with Gasteiger partial charge in [-0.2, -0.15) is 0 Å². The van der Waals surface area contributed by atoms with Crippen LogP contribution in [0.4, 0.5) is 10.1 Å². The first-order valence-electron chi connectivity index (χ1n) is 11.8. The zero-order chi connectivity index (χ0) is 26.4. The molecule has 9 heteroatoms. The van der Waals surface area contributed by atoms with Gasteiger partial charge in [-0.05, 0) is 95.1 Å². The Morgan fingerprint density at radius 3 is 2.57 bits per heavy atom. The Morgan fingerprint density at radius 1 is 1.11 bits per heavy atom. The lowest BCUT2D eigenvalue weighted by molar-refractivity contribution is -0.122. The molecule has 0 aromatic heterocycles. The first-order valence-corrected chi connectivity index (χ1v) is 13.8. The molecule has 4 rings (SSSR count). The predicted octanol–water partition coefficient (Wildman–Crippen LogP) is 8.23. The van der Waals surface area contributed by atoms with Gasteiger partial charge < -0.3 is 9.47 Å². The van der Waals surface area contributed by atoms with Crippen molar-refractivity contribution < 1.29 is 18.7 Å². The van der Waals surface area contributed by atoms with Crippen LogP contribution in [-0.2, 0) is 11.4 Å². The molecule has 0 saturated carbocycles. The van der Waals surface area contributed by atoms with Crippen LogP contribution in [0, 0.1) is 5.82 Å². The fourth-order valence-electron chi connectivity index (χ4n) is 3.63. The highest BCUT2D eigenvalue weighted by molar-refractivity contribution is 9.10. The molecular formula is C28H25BrClFN2O3S. The molecule has 1 fully saturated rings. The molecule has 3 aromatic carbocycles. The predicted molar refractivity (Wildman–Crippen MR) is 152 cm³/mol. The van der Waals surface area contributed by atoms with Gasteiger partial charge in [0.1, 0.15) is 12.4 Å². The molecule has 0 aliphatic carbocycles. The number of ether oxygens (including phenoxy) is 2. The second kappa shape index (κ2) is 12.6. The number of carbonyl (C=O) groups is 1. The van der Waals surface area contributed by atoms with Crippen LogP contribution in [0.25, 0.3) is 6.08 Å². The first kappa shape index (κ1) is 27.2. The molecule has 0 N–H and O–H groups in total. The fraction of sp³-hybridized carbons (Fsp3) is 0.214. The number of amides is 1. The lowest BCUT2D eigenvalue weighted by Crippen LogP contribution is -2.29. The van der Waals surface area contributed by atoms with E-state index in [0.29, 0.717) is 49.8 Å². The highest BCUT2D eigenvalue weighted by Gasteiger charge is 2.33. The normalized spacial score (nSPS) is 15.6. The van der Waals surface area contributed by atoms with E-state index in [1.165, 1.54) is 17.8 Å². The summed E-state index contributed by atoms with van der Waals surface area (Å²) in [5.41, 5.74) is 1.92. The van der Waals surface area contributed by atoms with E-state index < -0.39 is 0 Å². The number of amidine groups is 1. The number of rotatable bonds is 9. The summed E-state index contributed by atoms with van der Waals surface area (Å²) in [6.45, 7) is 4.92. The molecule has 1 saturated heterocycles. The molecule has 1 aliphatic heterocycles. The van der Waals surface area contributed by atoms with Crippen molar-refractivity contribution in [1.82, 2.24) is 4.90 Å². The van der Waals surface area contributed by atoms with Crippen molar-refractivity contribution in [3.63, 3.8) is 0 Å². The molecule has 0 atom stereocenters. The maximum atomic E-state index is 14.1. The Kier molecular flexibility index (Phi) is 9.29. The highest BCUT2D eigenvalue weighted by atomic mass is 79.9. The molecule has 5 nitrogen and oxygen atoms in total. The Balaban J connectivity index is 1.62. The fourth-order valence-corrected chi connectivity index (χ4v) is 5.35. The van der Waals surface area contributed by atoms with Gasteiger partial charge in [0.05, 0.1) is 21.7 Å². The van der Waals surface area contributed by atoms with Crippen molar-refractivity contribution in [2.45, 2.75) is 26.9 Å². The number of halogens is 3. The van der Waals surface area contributed by atoms with E-state index in [0.717, 1.165) is 17.7 Å². The summed E-state index contributed by atoms with van der Waals surface area (Å²) < 4.78 is 26.5. The summed E-state index contributed by atoms with van der Waals surface area (Å²) in [5.74, 6) is 0.530. The minimum absolute atomic E-state index is 0.0522. The molecule has 0 bridgehead atoms. The standard InChI is InChI=1S/C28H25BrClFN2O3S/c1-3-13-33-27(34)25(37-28(33)32-21-11-9-20(30)10-12-21)16-18-14-22(29)26(24(15-18)35-4-2)36-17-19-7-5-6-8-23(19)31/h5-12,14-16H,3-4,13,17H2,1-2H3/b25-16-,32-28?. The Bertz CT molecular complexity index is 1350. The molecular weight excluding hydrogens is 579 g/mol. The van der Waals surface area contributed by atoms with Gasteiger partial charge in [0, 0.05) is 17.1 Å². The van der Waals surface area contributed by atoms with Crippen molar-refractivity contribution in [1.29, 1.82) is 0 Å². The van der Waals surface area contributed by atoms with Crippen molar-refractivity contribution in [3.05, 3.63) is 92.0 Å². The molecule has 1 heterocycles. The average Bonchev–Trinajstić information content (AvgIpc) is 3.15. The van der Waals surface area contributed by atoms with Gasteiger partial charge in [0.25, 0.3) is 5.91 Å². The lowest BCUT2D eigenvalue weighted by atomic mass is 10.1. The SMILES string of the molecule is CCCN1C(=O)/C(=C/c2cc(Br)c(OCc3ccccc3F)c(OCC)c2)SC1=Nc1ccc(Cl)cc1. The summed E-state index contributed by atoms with van der Waals surface area (Å²) in [4.78, 5) is 20.2. The minimum atomic E-state index is -0.331. The minimum Gasteiger partial charge on any atom is -0.490 e. The second-order valence-electron chi connectivity index (χ2n) is 8.08. The van der Waals surface area contributed by atoms with E-state index in [1.807, 2.05) is 44.2 Å². The Labute approximate surface area is 233 Å². The molecule has 37 heavy (non-hydrogen) atoms. The molecule has 0 unspecified atom stereocenters. The molecule has 0 spiro atoms. The van der Waals surface area contributed by atoms with E-state index in [4.69, 9.17) is 21.1 Å². The number of hydrogen-bond donors (Lipinski definition) is 0. The van der Waals surface area contributed by atoms with Gasteiger partial charge in [0.15, 0.2) is 16.7 Å². The molecule has 3 aromatic rings. The maximum Gasteiger partial charge on any atom is 0.266 e. The monoisotopic (exact) mass is 602 g/mol. The van der Waals surface area contributed by atoms with Crippen molar-refractivity contribution in [3.8, 4) is 11.5 Å². The summed E-state index contributed by atoms with van der Waals surface area (Å²) in [6, 6.07) is 17.3. The third kappa shape index (κ3) is 6.74. The summed E-state index contributed by atoms with van der Waals surface area (Å²) in [7, 11) is 0. The number of aliphatic imine (C=N–C) groups is 1. The van der Waals surface area contributed by atoms with E-state index in [2.05, 4.69) is 20.9 Å². The summed E-state index contributed by atoms with van der Waals surface area (Å²) in [5, 5.41) is 1.25. The van der Waals surface area contributed by atoms with Crippen LogP contribution >= 0.6 is 39.3 Å². The molecule has 0 radical (unpaired) electrons. The van der Waals surface area contributed by atoms with Crippen LogP contribution in [-0.4, -0.2) is 29.1 Å². The number of nitrogens with zero attached hydrogens (tertiary/aromatic N) is 2. The zero-order valence-corrected chi connectivity index (χ0v) is 23.5. The van der Waals surface area contributed by atoms with E-state index in [1.54, 1.807) is 35.2 Å². The number of hydrogen-bond acceptors (Lipinski definition) is 5. The van der Waals surface area contributed by atoms with Gasteiger partial charge in [-0.15, -0.1) is 0 Å². The zero-order valence-electron chi connectivity index (χ0n) is 20.3. The van der Waals surface area contributed by atoms with Crippen molar-refractivity contribution in [2.75, 3.05) is 13.2 Å². The van der Waals surface area contributed by atoms with Crippen LogP contribution in [0.3, 0.4) is 0 Å². The van der Waals surface area contributed by atoms with Crippen LogP contribution in [0.15, 0.2) is 75.0 Å². The third-order valence-electron chi connectivity index (χ3n) is 5.35. The summed E-state index contributed by atoms with van der Waals surface area (Å²) >= 11 is 10.9. The Morgan fingerprint density at radius 2 is 1.86 bits per heavy atom.